The molecule has 0 aliphatic carbocycles. The van der Waals surface area contributed by atoms with Crippen molar-refractivity contribution >= 4 is 42.1 Å². The van der Waals surface area contributed by atoms with E-state index in [-0.39, 0.29) is 55.3 Å². The number of terminal acetylenes is 1. The predicted molar refractivity (Wildman–Crippen MR) is 255 cm³/mol. The lowest BCUT2D eigenvalue weighted by atomic mass is 9.97. The highest BCUT2D eigenvalue weighted by Crippen LogP contribution is 2.27. The van der Waals surface area contributed by atoms with Crippen LogP contribution < -0.4 is 32.3 Å². The Kier molecular flexibility index (Phi) is 23.3. The van der Waals surface area contributed by atoms with E-state index >= 15 is 0 Å². The summed E-state index contributed by atoms with van der Waals surface area (Å²) in [7, 11) is 0. The summed E-state index contributed by atoms with van der Waals surface area (Å²) in [6.07, 6.45) is 12.5. The van der Waals surface area contributed by atoms with Crippen LogP contribution in [-0.2, 0) is 23.8 Å². The van der Waals surface area contributed by atoms with Crippen molar-refractivity contribution in [2.45, 2.75) is 84.0 Å². The number of hydrogen-bond donors (Lipinski definition) is 5. The standard InChI is InChI=1S/C43H73N17O6.ClH/c1-6-22-64-24-26-66-27-25-65-23-13-47-41-48-42(57-18-14-55(15-19-57)39(62)36(11-9-10-12-44)59-29-35(52-53-59)37(46)31(4)7-2)50-43(49-41)58-20-16-56(17-21-58)40(63)38(32(5)8-3)60-28-34(51-54-60)33(45)30-61;/h1,28-29,31-33,36-38,61H,7-27,30,44-46H2,2-5H3,(H,47,48,49,50);1H/t31?,32-,33-,36-,37-,38-;/m0./s1. The third-order valence-corrected chi connectivity index (χ3v) is 12.3. The van der Waals surface area contributed by atoms with Crippen molar-refractivity contribution in [3.63, 3.8) is 0 Å². The minimum Gasteiger partial charge on any atom is -0.394 e. The number of rotatable bonds is 28. The van der Waals surface area contributed by atoms with Gasteiger partial charge in [0.25, 0.3) is 0 Å². The molecule has 67 heavy (non-hydrogen) atoms. The van der Waals surface area contributed by atoms with Crippen molar-refractivity contribution < 1.29 is 28.9 Å². The van der Waals surface area contributed by atoms with E-state index in [0.717, 1.165) is 25.7 Å². The molecule has 5 rings (SSSR count). The fourth-order valence-electron chi connectivity index (χ4n) is 7.70. The number of halogens is 1. The number of ether oxygens (including phenoxy) is 3. The summed E-state index contributed by atoms with van der Waals surface area (Å²) in [6.45, 7) is 14.9. The average Bonchev–Trinajstić information content (AvgIpc) is 4.05. The molecule has 0 aromatic carbocycles. The van der Waals surface area contributed by atoms with Crippen LogP contribution >= 0.6 is 12.4 Å². The van der Waals surface area contributed by atoms with Crippen molar-refractivity contribution in [2.24, 2.45) is 29.0 Å². The van der Waals surface area contributed by atoms with Crippen LogP contribution in [0.15, 0.2) is 12.4 Å². The van der Waals surface area contributed by atoms with Crippen molar-refractivity contribution in [3.8, 4) is 12.3 Å². The number of aliphatic hydroxyl groups is 1. The summed E-state index contributed by atoms with van der Waals surface area (Å²) in [4.78, 5) is 50.8. The summed E-state index contributed by atoms with van der Waals surface area (Å²) < 4.78 is 19.8. The number of amides is 2. The van der Waals surface area contributed by atoms with E-state index in [9.17, 15) is 14.7 Å². The van der Waals surface area contributed by atoms with Gasteiger partial charge in [0, 0.05) is 58.9 Å². The van der Waals surface area contributed by atoms with Gasteiger partial charge in [-0.25, -0.2) is 9.36 Å². The van der Waals surface area contributed by atoms with Gasteiger partial charge in [-0.05, 0) is 37.6 Å². The van der Waals surface area contributed by atoms with Gasteiger partial charge in [-0.3, -0.25) is 9.59 Å². The number of carbonyl (C=O) groups is 2. The molecule has 2 amide bonds. The molecule has 2 aliphatic heterocycles. The number of nitrogens with zero attached hydrogens (tertiary/aromatic N) is 13. The third-order valence-electron chi connectivity index (χ3n) is 12.3. The number of nitrogens with two attached hydrogens (primary N) is 3. The smallest absolute Gasteiger partial charge is 0.247 e. The molecule has 2 saturated heterocycles. The highest BCUT2D eigenvalue weighted by atomic mass is 35.5. The summed E-state index contributed by atoms with van der Waals surface area (Å²) in [5.41, 5.74) is 19.4. The van der Waals surface area contributed by atoms with Crippen molar-refractivity contribution in [1.82, 2.24) is 54.7 Å². The molecule has 0 spiro atoms. The summed E-state index contributed by atoms with van der Waals surface area (Å²) >= 11 is 0. The number of nitrogens with one attached hydrogen (secondary N) is 1. The second kappa shape index (κ2) is 28.5. The molecule has 0 radical (unpaired) electrons. The van der Waals surface area contributed by atoms with Crippen molar-refractivity contribution in [1.29, 1.82) is 0 Å². The molecule has 6 atom stereocenters. The van der Waals surface area contributed by atoms with Gasteiger partial charge in [0.05, 0.1) is 69.8 Å². The number of aromatic nitrogens is 9. The highest BCUT2D eigenvalue weighted by Gasteiger charge is 2.35. The first kappa shape index (κ1) is 54.8. The zero-order valence-corrected chi connectivity index (χ0v) is 40.5. The van der Waals surface area contributed by atoms with E-state index in [0.29, 0.717) is 134 Å². The molecule has 8 N–H and O–H groups in total. The topological polar surface area (TPSA) is 285 Å². The first-order valence-corrected chi connectivity index (χ1v) is 23.4. The van der Waals surface area contributed by atoms with Gasteiger partial charge in [0.1, 0.15) is 24.4 Å². The Morgan fingerprint density at radius 2 is 1.33 bits per heavy atom. The first-order valence-electron chi connectivity index (χ1n) is 23.4. The first-order chi connectivity index (χ1) is 32.0. The molecule has 3 aromatic heterocycles. The second-order valence-electron chi connectivity index (χ2n) is 16.9. The predicted octanol–water partition coefficient (Wildman–Crippen LogP) is 0.564. The number of piperazine rings is 2. The largest absolute Gasteiger partial charge is 0.394 e. The maximum absolute atomic E-state index is 14.2. The lowest BCUT2D eigenvalue weighted by Gasteiger charge is -2.38. The van der Waals surface area contributed by atoms with Gasteiger partial charge < -0.3 is 61.4 Å². The lowest BCUT2D eigenvalue weighted by molar-refractivity contribution is -0.137. The fourth-order valence-corrected chi connectivity index (χ4v) is 7.70. The normalized spacial score (nSPS) is 17.0. The fraction of sp³-hybridized carbons (Fsp3) is 0.744. The maximum atomic E-state index is 14.2. The van der Waals surface area contributed by atoms with Crippen LogP contribution in [0, 0.1) is 24.2 Å². The Labute approximate surface area is 400 Å². The molecular formula is C43H74ClN17O6. The van der Waals surface area contributed by atoms with Gasteiger partial charge in [-0.15, -0.1) is 29.0 Å². The third kappa shape index (κ3) is 15.6. The zero-order valence-electron chi connectivity index (χ0n) is 39.7. The van der Waals surface area contributed by atoms with E-state index in [2.05, 4.69) is 55.5 Å². The number of carbonyl (C=O) groups excluding carboxylic acids is 2. The summed E-state index contributed by atoms with van der Waals surface area (Å²) in [5, 5.41) is 30.0. The van der Waals surface area contributed by atoms with E-state index < -0.39 is 18.1 Å². The molecule has 3 aromatic rings. The Balaban J connectivity index is 0.00000980. The van der Waals surface area contributed by atoms with Crippen LogP contribution in [0.5, 0.6) is 0 Å². The second-order valence-corrected chi connectivity index (χ2v) is 16.9. The Morgan fingerprint density at radius 3 is 1.91 bits per heavy atom. The van der Waals surface area contributed by atoms with Gasteiger partial charge in [0.2, 0.25) is 29.7 Å². The van der Waals surface area contributed by atoms with Crippen molar-refractivity contribution in [3.05, 3.63) is 23.8 Å². The monoisotopic (exact) mass is 960 g/mol. The summed E-state index contributed by atoms with van der Waals surface area (Å²) in [5.74, 6) is 3.86. The van der Waals surface area contributed by atoms with E-state index in [4.69, 9.17) is 52.8 Å². The van der Waals surface area contributed by atoms with Crippen LogP contribution in [0.3, 0.4) is 0 Å². The molecular weight excluding hydrogens is 886 g/mol. The van der Waals surface area contributed by atoms with Crippen LogP contribution in [0.2, 0.25) is 0 Å². The van der Waals surface area contributed by atoms with Gasteiger partial charge in [-0.1, -0.05) is 56.9 Å². The molecule has 24 heteroatoms. The number of unbranched alkanes of at least 4 members (excludes halogenated alkanes) is 1. The van der Waals surface area contributed by atoms with E-state index in [1.807, 2.05) is 29.8 Å². The minimum absolute atomic E-state index is 0. The van der Waals surface area contributed by atoms with Gasteiger partial charge in [0.15, 0.2) is 0 Å². The average molecular weight is 961 g/mol. The van der Waals surface area contributed by atoms with Crippen LogP contribution in [0.4, 0.5) is 17.8 Å². The van der Waals surface area contributed by atoms with Gasteiger partial charge in [-0.2, -0.15) is 15.0 Å². The van der Waals surface area contributed by atoms with Crippen LogP contribution in [0.25, 0.3) is 0 Å². The van der Waals surface area contributed by atoms with Gasteiger partial charge >= 0.3 is 0 Å². The Morgan fingerprint density at radius 1 is 0.776 bits per heavy atom. The molecule has 1 unspecified atom stereocenters. The molecule has 5 heterocycles. The number of anilines is 3. The molecule has 0 bridgehead atoms. The van der Waals surface area contributed by atoms with Crippen LogP contribution in [-0.4, -0.2) is 183 Å². The zero-order chi connectivity index (χ0) is 47.4. The quantitative estimate of drug-likeness (QED) is 0.0491. The molecule has 2 aliphatic rings. The Hall–Kier alpha value is -4.80. The van der Waals surface area contributed by atoms with Crippen molar-refractivity contribution in [2.75, 3.05) is 127 Å². The van der Waals surface area contributed by atoms with E-state index in [1.54, 1.807) is 15.6 Å². The minimum atomic E-state index is -0.684. The molecule has 2 fully saturated rings. The SMILES string of the molecule is C#CCOCCOCCOCCNc1nc(N2CCN(C(=O)[C@H]([C@@H](C)CC)n3cc([C@@H](N)CO)nn3)CC2)nc(N2CCN(C(=O)[C@H](CCCCN)n3cc([C@@H](N)C(C)CC)nn3)CC2)n1.Cl. The Bertz CT molecular complexity index is 1950. The van der Waals surface area contributed by atoms with Crippen LogP contribution in [0.1, 0.15) is 95.4 Å². The number of hydrogen-bond acceptors (Lipinski definition) is 19. The highest BCUT2D eigenvalue weighted by molar-refractivity contribution is 5.85. The lowest BCUT2D eigenvalue weighted by Crippen LogP contribution is -2.52. The number of aliphatic hydroxyl groups excluding tert-OH is 1. The maximum Gasteiger partial charge on any atom is 0.247 e. The van der Waals surface area contributed by atoms with E-state index in [1.165, 1.54) is 0 Å². The molecule has 374 valence electrons. The molecule has 23 nitrogen and oxygen atoms in total. The molecule has 0 saturated carbocycles. The summed E-state index contributed by atoms with van der Waals surface area (Å²) in [6, 6.07) is -2.07.